The number of hydrogen-bond acceptors (Lipinski definition) is 3. The summed E-state index contributed by atoms with van der Waals surface area (Å²) in [6.07, 6.45) is 3.63. The van der Waals surface area contributed by atoms with Crippen LogP contribution in [0.15, 0.2) is 0 Å². The molecule has 1 saturated carbocycles. The first kappa shape index (κ1) is 8.41. The Morgan fingerprint density at radius 1 is 1.50 bits per heavy atom. The van der Waals surface area contributed by atoms with Crippen LogP contribution < -0.4 is 0 Å². The molecule has 2 heterocycles. The fourth-order valence-electron chi connectivity index (χ4n) is 1.79. The van der Waals surface area contributed by atoms with Crippen molar-refractivity contribution in [3.8, 4) is 0 Å². The fraction of sp³-hybridized carbons (Fsp3) is 0.600. The molecule has 0 spiro atoms. The Kier molecular flexibility index (Phi) is 1.68. The van der Waals surface area contributed by atoms with Crippen LogP contribution in [0.3, 0.4) is 0 Å². The number of fused-ring (bicyclic) bond motifs is 1. The first-order valence-electron chi connectivity index (χ1n) is 5.14. The van der Waals surface area contributed by atoms with Crippen molar-refractivity contribution in [2.45, 2.75) is 39.0 Å². The highest BCUT2D eigenvalue weighted by Crippen LogP contribution is 2.41. The third-order valence-electron chi connectivity index (χ3n) is 2.77. The zero-order chi connectivity index (χ0) is 9.71. The van der Waals surface area contributed by atoms with Crippen LogP contribution in [-0.2, 0) is 6.42 Å². The van der Waals surface area contributed by atoms with Crippen molar-refractivity contribution in [2.75, 3.05) is 0 Å². The van der Waals surface area contributed by atoms with E-state index in [-0.39, 0.29) is 0 Å². The van der Waals surface area contributed by atoms with E-state index in [1.165, 1.54) is 29.2 Å². The van der Waals surface area contributed by atoms with Crippen molar-refractivity contribution in [1.29, 1.82) is 0 Å². The molecule has 3 nitrogen and oxygen atoms in total. The van der Waals surface area contributed by atoms with Gasteiger partial charge in [-0.15, -0.1) is 0 Å². The third kappa shape index (κ3) is 1.10. The summed E-state index contributed by atoms with van der Waals surface area (Å²) in [5.41, 5.74) is 2.53. The zero-order valence-electron chi connectivity index (χ0n) is 8.45. The van der Waals surface area contributed by atoms with Crippen LogP contribution in [0.2, 0.25) is 0 Å². The van der Waals surface area contributed by atoms with Gasteiger partial charge in [0.05, 0.1) is 11.4 Å². The SMILES string of the molecule is CCc1nn2c(C)c(C3CC3)nc2s1. The lowest BCUT2D eigenvalue weighted by molar-refractivity contribution is 0.869. The molecule has 1 aliphatic rings. The van der Waals surface area contributed by atoms with Crippen LogP contribution in [0.1, 0.15) is 42.1 Å². The smallest absolute Gasteiger partial charge is 0.212 e. The summed E-state index contributed by atoms with van der Waals surface area (Å²) in [6.45, 7) is 4.27. The minimum absolute atomic E-state index is 0.731. The summed E-state index contributed by atoms with van der Waals surface area (Å²) in [7, 11) is 0. The molecular weight excluding hydrogens is 194 g/mol. The summed E-state index contributed by atoms with van der Waals surface area (Å²) in [5, 5.41) is 5.71. The molecule has 1 fully saturated rings. The number of hydrogen-bond donors (Lipinski definition) is 0. The van der Waals surface area contributed by atoms with E-state index in [0.717, 1.165) is 17.3 Å². The molecule has 74 valence electrons. The molecule has 0 N–H and O–H groups in total. The molecule has 0 bridgehead atoms. The highest BCUT2D eigenvalue weighted by molar-refractivity contribution is 7.16. The fourth-order valence-corrected chi connectivity index (χ4v) is 2.68. The molecule has 0 unspecified atom stereocenters. The first-order valence-corrected chi connectivity index (χ1v) is 5.96. The Bertz CT molecular complexity index is 479. The van der Waals surface area contributed by atoms with E-state index in [1.807, 2.05) is 4.52 Å². The molecule has 0 amide bonds. The number of aryl methyl sites for hydroxylation is 2. The van der Waals surface area contributed by atoms with Crippen molar-refractivity contribution in [3.05, 3.63) is 16.4 Å². The Labute approximate surface area is 86.8 Å². The Hall–Kier alpha value is -0.900. The quantitative estimate of drug-likeness (QED) is 0.757. The molecular formula is C10H13N3S. The van der Waals surface area contributed by atoms with Gasteiger partial charge < -0.3 is 0 Å². The molecule has 0 aliphatic heterocycles. The molecule has 0 radical (unpaired) electrons. The molecule has 4 heteroatoms. The van der Waals surface area contributed by atoms with Crippen LogP contribution in [-0.4, -0.2) is 14.6 Å². The van der Waals surface area contributed by atoms with Gasteiger partial charge in [-0.3, -0.25) is 0 Å². The van der Waals surface area contributed by atoms with Crippen molar-refractivity contribution in [2.24, 2.45) is 0 Å². The second kappa shape index (κ2) is 2.79. The maximum absolute atomic E-state index is 4.66. The predicted molar refractivity (Wildman–Crippen MR) is 57.0 cm³/mol. The van der Waals surface area contributed by atoms with Gasteiger partial charge >= 0.3 is 0 Å². The van der Waals surface area contributed by atoms with E-state index in [0.29, 0.717) is 0 Å². The summed E-state index contributed by atoms with van der Waals surface area (Å²) >= 11 is 1.72. The average molecular weight is 207 g/mol. The molecule has 0 aromatic carbocycles. The summed E-state index contributed by atoms with van der Waals surface area (Å²) in [5.74, 6) is 0.731. The van der Waals surface area contributed by atoms with Gasteiger partial charge in [0.15, 0.2) is 0 Å². The van der Waals surface area contributed by atoms with Crippen molar-refractivity contribution in [3.63, 3.8) is 0 Å². The van der Waals surface area contributed by atoms with E-state index in [1.54, 1.807) is 11.3 Å². The van der Waals surface area contributed by atoms with Crippen LogP contribution >= 0.6 is 11.3 Å². The van der Waals surface area contributed by atoms with Crippen molar-refractivity contribution in [1.82, 2.24) is 14.6 Å². The van der Waals surface area contributed by atoms with Crippen LogP contribution in [0, 0.1) is 6.92 Å². The monoisotopic (exact) mass is 207 g/mol. The van der Waals surface area contributed by atoms with Gasteiger partial charge in [0.1, 0.15) is 5.01 Å². The second-order valence-corrected chi connectivity index (χ2v) is 4.94. The number of aromatic nitrogens is 3. The predicted octanol–water partition coefficient (Wildman–Crippen LogP) is 2.54. The lowest BCUT2D eigenvalue weighted by atomic mass is 10.2. The van der Waals surface area contributed by atoms with Gasteiger partial charge in [-0.25, -0.2) is 9.50 Å². The van der Waals surface area contributed by atoms with E-state index in [2.05, 4.69) is 23.9 Å². The topological polar surface area (TPSA) is 30.2 Å². The minimum Gasteiger partial charge on any atom is -0.222 e. The highest BCUT2D eigenvalue weighted by atomic mass is 32.1. The van der Waals surface area contributed by atoms with Crippen molar-refractivity contribution < 1.29 is 0 Å². The second-order valence-electron chi connectivity index (χ2n) is 3.90. The van der Waals surface area contributed by atoms with Crippen molar-refractivity contribution >= 4 is 16.3 Å². The number of nitrogens with zero attached hydrogens (tertiary/aromatic N) is 3. The first-order chi connectivity index (χ1) is 6.79. The van der Waals surface area contributed by atoms with E-state index >= 15 is 0 Å². The average Bonchev–Trinajstić information content (AvgIpc) is 2.87. The van der Waals surface area contributed by atoms with Gasteiger partial charge in [-0.2, -0.15) is 5.10 Å². The normalized spacial score (nSPS) is 16.7. The van der Waals surface area contributed by atoms with Gasteiger partial charge in [-0.1, -0.05) is 18.3 Å². The largest absolute Gasteiger partial charge is 0.222 e. The van der Waals surface area contributed by atoms with Gasteiger partial charge in [0.2, 0.25) is 4.96 Å². The lowest BCUT2D eigenvalue weighted by Gasteiger charge is -1.92. The zero-order valence-corrected chi connectivity index (χ0v) is 9.27. The Morgan fingerprint density at radius 3 is 2.86 bits per heavy atom. The lowest BCUT2D eigenvalue weighted by Crippen LogP contribution is -1.91. The van der Waals surface area contributed by atoms with E-state index in [4.69, 9.17) is 0 Å². The number of rotatable bonds is 2. The van der Waals surface area contributed by atoms with Gasteiger partial charge in [0.25, 0.3) is 0 Å². The van der Waals surface area contributed by atoms with Gasteiger partial charge in [0, 0.05) is 5.92 Å². The van der Waals surface area contributed by atoms with E-state index < -0.39 is 0 Å². The van der Waals surface area contributed by atoms with Crippen LogP contribution in [0.5, 0.6) is 0 Å². The summed E-state index contributed by atoms with van der Waals surface area (Å²) in [4.78, 5) is 5.73. The minimum atomic E-state index is 0.731. The van der Waals surface area contributed by atoms with Crippen LogP contribution in [0.25, 0.3) is 4.96 Å². The molecule has 1 aliphatic carbocycles. The molecule has 14 heavy (non-hydrogen) atoms. The third-order valence-corrected chi connectivity index (χ3v) is 3.83. The molecule has 0 saturated heterocycles. The molecule has 3 rings (SSSR count). The molecule has 0 atom stereocenters. The Balaban J connectivity index is 2.17. The Morgan fingerprint density at radius 2 is 2.29 bits per heavy atom. The maximum Gasteiger partial charge on any atom is 0.212 e. The molecule has 2 aromatic rings. The van der Waals surface area contributed by atoms with Crippen LogP contribution in [0.4, 0.5) is 0 Å². The van der Waals surface area contributed by atoms with E-state index in [9.17, 15) is 0 Å². The standard InChI is InChI=1S/C10H13N3S/c1-3-8-12-13-6(2)9(7-4-5-7)11-10(13)14-8/h7H,3-5H2,1-2H3. The summed E-state index contributed by atoms with van der Waals surface area (Å²) < 4.78 is 2.01. The number of imidazole rings is 1. The summed E-state index contributed by atoms with van der Waals surface area (Å²) in [6, 6.07) is 0. The highest BCUT2D eigenvalue weighted by Gasteiger charge is 2.29. The van der Waals surface area contributed by atoms with Gasteiger partial charge in [-0.05, 0) is 26.2 Å². The molecule has 2 aromatic heterocycles. The maximum atomic E-state index is 4.66.